The summed E-state index contributed by atoms with van der Waals surface area (Å²) in [6.07, 6.45) is 0. The molecule has 0 spiro atoms. The minimum Gasteiger partial charge on any atom is -0.477 e. The van der Waals surface area contributed by atoms with E-state index in [1.807, 2.05) is 0 Å². The number of nitro benzene ring substituents is 1. The average molecular weight is 283 g/mol. The number of hydrogen-bond donors (Lipinski definition) is 1. The van der Waals surface area contributed by atoms with Crippen molar-refractivity contribution < 1.29 is 19.3 Å². The predicted molar refractivity (Wildman–Crippen MR) is 65.3 cm³/mol. The Labute approximate surface area is 111 Å². The largest absolute Gasteiger partial charge is 0.477 e. The lowest BCUT2D eigenvalue weighted by atomic mass is 10.0. The number of aromatic nitrogens is 1. The molecule has 19 heavy (non-hydrogen) atoms. The number of carbonyl (C=O) groups is 1. The summed E-state index contributed by atoms with van der Waals surface area (Å²) in [5, 5.41) is 23.8. The van der Waals surface area contributed by atoms with Crippen molar-refractivity contribution in [2.24, 2.45) is 0 Å². The summed E-state index contributed by atoms with van der Waals surface area (Å²) >= 11 is 5.69. The highest BCUT2D eigenvalue weighted by molar-refractivity contribution is 6.31. The van der Waals surface area contributed by atoms with Crippen molar-refractivity contribution in [3.05, 3.63) is 44.7 Å². The van der Waals surface area contributed by atoms with Gasteiger partial charge in [-0.3, -0.25) is 10.1 Å². The third kappa shape index (κ3) is 2.27. The first-order valence-electron chi connectivity index (χ1n) is 5.05. The van der Waals surface area contributed by atoms with E-state index in [0.717, 1.165) is 6.07 Å². The molecule has 1 N–H and O–H groups in total. The molecule has 0 unspecified atom stereocenters. The van der Waals surface area contributed by atoms with Crippen LogP contribution >= 0.6 is 11.6 Å². The molecule has 0 saturated heterocycles. The van der Waals surface area contributed by atoms with Crippen molar-refractivity contribution in [3.8, 4) is 11.3 Å². The Morgan fingerprint density at radius 2 is 2.21 bits per heavy atom. The number of aryl methyl sites for hydroxylation is 1. The fourth-order valence-electron chi connectivity index (χ4n) is 1.66. The summed E-state index contributed by atoms with van der Waals surface area (Å²) in [5.41, 5.74) is -0.578. The lowest BCUT2D eigenvalue weighted by Gasteiger charge is -2.01. The van der Waals surface area contributed by atoms with E-state index in [4.69, 9.17) is 21.2 Å². The minimum atomic E-state index is -1.27. The van der Waals surface area contributed by atoms with Crippen molar-refractivity contribution in [1.82, 2.24) is 5.16 Å². The maximum absolute atomic E-state index is 11.1. The van der Waals surface area contributed by atoms with Crippen LogP contribution in [0.5, 0.6) is 0 Å². The third-order valence-electron chi connectivity index (χ3n) is 2.49. The molecule has 7 nitrogen and oxygen atoms in total. The number of carboxylic acid groups (broad SMARTS) is 1. The van der Waals surface area contributed by atoms with Crippen molar-refractivity contribution in [2.75, 3.05) is 0 Å². The van der Waals surface area contributed by atoms with E-state index in [1.54, 1.807) is 0 Å². The maximum Gasteiger partial charge on any atom is 0.341 e. The third-order valence-corrected chi connectivity index (χ3v) is 2.72. The number of hydrogen-bond acceptors (Lipinski definition) is 5. The normalized spacial score (nSPS) is 10.4. The van der Waals surface area contributed by atoms with Crippen LogP contribution < -0.4 is 0 Å². The highest BCUT2D eigenvalue weighted by Crippen LogP contribution is 2.34. The number of aromatic carboxylic acids is 1. The van der Waals surface area contributed by atoms with Crippen LogP contribution in [-0.2, 0) is 0 Å². The second-order valence-corrected chi connectivity index (χ2v) is 4.12. The van der Waals surface area contributed by atoms with Crippen LogP contribution in [0.15, 0.2) is 22.7 Å². The van der Waals surface area contributed by atoms with E-state index in [0.29, 0.717) is 0 Å². The van der Waals surface area contributed by atoms with Crippen LogP contribution in [0.1, 0.15) is 16.1 Å². The van der Waals surface area contributed by atoms with Gasteiger partial charge in [0.15, 0.2) is 0 Å². The van der Waals surface area contributed by atoms with Crippen LogP contribution in [0.2, 0.25) is 5.02 Å². The first-order chi connectivity index (χ1) is 8.91. The monoisotopic (exact) mass is 282 g/mol. The molecule has 1 aromatic heterocycles. The van der Waals surface area contributed by atoms with Crippen LogP contribution in [0, 0.1) is 17.0 Å². The highest BCUT2D eigenvalue weighted by atomic mass is 35.5. The molecule has 1 aromatic carbocycles. The Hall–Kier alpha value is -2.41. The SMILES string of the molecule is Cc1onc(-c2ccc(Cl)cc2[N+](=O)[O-])c1C(=O)O. The van der Waals surface area contributed by atoms with Gasteiger partial charge in [0.2, 0.25) is 0 Å². The van der Waals surface area contributed by atoms with Gasteiger partial charge in [-0.2, -0.15) is 0 Å². The molecule has 0 aliphatic heterocycles. The molecule has 2 aromatic rings. The molecule has 0 aliphatic carbocycles. The van der Waals surface area contributed by atoms with E-state index in [2.05, 4.69) is 5.16 Å². The molecule has 2 rings (SSSR count). The predicted octanol–water partition coefficient (Wildman–Crippen LogP) is 2.91. The lowest BCUT2D eigenvalue weighted by Crippen LogP contribution is -2.01. The minimum absolute atomic E-state index is 0.0450. The Balaban J connectivity index is 2.72. The quantitative estimate of drug-likeness (QED) is 0.685. The molecule has 0 atom stereocenters. The van der Waals surface area contributed by atoms with E-state index in [-0.39, 0.29) is 33.3 Å². The van der Waals surface area contributed by atoms with Crippen molar-refractivity contribution in [1.29, 1.82) is 0 Å². The number of benzene rings is 1. The maximum atomic E-state index is 11.1. The molecule has 0 radical (unpaired) electrons. The molecule has 0 saturated carbocycles. The fourth-order valence-corrected chi connectivity index (χ4v) is 1.83. The van der Waals surface area contributed by atoms with E-state index in [9.17, 15) is 14.9 Å². The summed E-state index contributed by atoms with van der Waals surface area (Å²) in [6, 6.07) is 3.89. The number of carboxylic acids is 1. The second-order valence-electron chi connectivity index (χ2n) is 3.69. The van der Waals surface area contributed by atoms with Gasteiger partial charge in [0.05, 0.1) is 10.5 Å². The smallest absolute Gasteiger partial charge is 0.341 e. The fraction of sp³-hybridized carbons (Fsp3) is 0.0909. The van der Waals surface area contributed by atoms with Crippen molar-refractivity contribution >= 4 is 23.3 Å². The number of nitro groups is 1. The first-order valence-corrected chi connectivity index (χ1v) is 5.43. The average Bonchev–Trinajstić information content (AvgIpc) is 2.70. The molecule has 0 fully saturated rings. The van der Waals surface area contributed by atoms with Gasteiger partial charge in [0, 0.05) is 11.1 Å². The van der Waals surface area contributed by atoms with Gasteiger partial charge in [-0.05, 0) is 19.1 Å². The first kappa shape index (κ1) is 13.0. The molecular weight excluding hydrogens is 276 g/mol. The van der Waals surface area contributed by atoms with E-state index < -0.39 is 10.9 Å². The van der Waals surface area contributed by atoms with Crippen LogP contribution in [0.25, 0.3) is 11.3 Å². The molecule has 8 heteroatoms. The summed E-state index contributed by atoms with van der Waals surface area (Å²) < 4.78 is 4.79. The highest BCUT2D eigenvalue weighted by Gasteiger charge is 2.26. The van der Waals surface area contributed by atoms with Gasteiger partial charge >= 0.3 is 5.97 Å². The number of halogens is 1. The lowest BCUT2D eigenvalue weighted by molar-refractivity contribution is -0.384. The van der Waals surface area contributed by atoms with Crippen LogP contribution in [0.3, 0.4) is 0 Å². The van der Waals surface area contributed by atoms with Gasteiger partial charge in [-0.1, -0.05) is 16.8 Å². The van der Waals surface area contributed by atoms with Crippen LogP contribution in [0.4, 0.5) is 5.69 Å². The van der Waals surface area contributed by atoms with Gasteiger partial charge in [0.25, 0.3) is 5.69 Å². The Kier molecular flexibility index (Phi) is 3.22. The van der Waals surface area contributed by atoms with Crippen LogP contribution in [-0.4, -0.2) is 21.2 Å². The number of rotatable bonds is 3. The zero-order chi connectivity index (χ0) is 14.2. The Morgan fingerprint density at radius 3 is 2.79 bits per heavy atom. The summed E-state index contributed by atoms with van der Waals surface area (Å²) in [5.74, 6) is -1.19. The summed E-state index contributed by atoms with van der Waals surface area (Å²) in [7, 11) is 0. The summed E-state index contributed by atoms with van der Waals surface area (Å²) in [6.45, 7) is 1.42. The molecule has 98 valence electrons. The molecule has 0 bridgehead atoms. The molecule has 1 heterocycles. The topological polar surface area (TPSA) is 106 Å². The second kappa shape index (κ2) is 4.69. The van der Waals surface area contributed by atoms with Crippen molar-refractivity contribution in [3.63, 3.8) is 0 Å². The Bertz CT molecular complexity index is 680. The van der Waals surface area contributed by atoms with Crippen molar-refractivity contribution in [2.45, 2.75) is 6.92 Å². The zero-order valence-electron chi connectivity index (χ0n) is 9.58. The zero-order valence-corrected chi connectivity index (χ0v) is 10.3. The van der Waals surface area contributed by atoms with E-state index >= 15 is 0 Å². The van der Waals surface area contributed by atoms with Gasteiger partial charge in [-0.15, -0.1) is 0 Å². The summed E-state index contributed by atoms with van der Waals surface area (Å²) in [4.78, 5) is 21.4. The molecule has 0 aliphatic rings. The Morgan fingerprint density at radius 1 is 1.53 bits per heavy atom. The van der Waals surface area contributed by atoms with Gasteiger partial charge < -0.3 is 9.63 Å². The molecular formula is C11H7ClN2O5. The standard InChI is InChI=1S/C11H7ClN2O5/c1-5-9(11(15)16)10(13-19-5)7-3-2-6(12)4-8(7)14(17)18/h2-4H,1H3,(H,15,16). The van der Waals surface area contributed by atoms with Gasteiger partial charge in [0.1, 0.15) is 17.0 Å². The van der Waals surface area contributed by atoms with E-state index in [1.165, 1.54) is 19.1 Å². The number of nitrogens with zero attached hydrogens (tertiary/aromatic N) is 2. The molecule has 0 amide bonds. The van der Waals surface area contributed by atoms with Gasteiger partial charge in [-0.25, -0.2) is 4.79 Å².